The largest absolute Gasteiger partial charge is 3.00 e. The molecule has 0 bridgehead atoms. The molecule has 0 aliphatic carbocycles. The molecule has 3 nitrogen and oxygen atoms in total. The Bertz CT molecular complexity index is 15.5. The van der Waals surface area contributed by atoms with Gasteiger partial charge in [0.2, 0.25) is 0 Å². The molecule has 0 fully saturated rings. The molecule has 0 aromatic carbocycles. The van der Waals surface area contributed by atoms with Crippen LogP contribution in [0, 0.1) is 75.5 Å². The molecule has 0 saturated heterocycles. The van der Waals surface area contributed by atoms with Crippen LogP contribution < -0.4 is 15.1 Å². The van der Waals surface area contributed by atoms with Crippen molar-refractivity contribution in [3.63, 3.8) is 0 Å². The van der Waals surface area contributed by atoms with E-state index in [4.69, 9.17) is 15.1 Å². The van der Waals surface area contributed by atoms with Gasteiger partial charge in [0, 0.05) is 0 Å². The zero-order chi connectivity index (χ0) is 3.58. The van der Waals surface area contributed by atoms with E-state index in [2.05, 4.69) is 0 Å². The minimum absolute atomic E-state index is 0. The molecule has 0 amide bonds. The third-order valence-electron chi connectivity index (χ3n) is 0. The van der Waals surface area contributed by atoms with Crippen molar-refractivity contribution in [3.8, 4) is 0 Å². The van der Waals surface area contributed by atoms with Crippen molar-refractivity contribution in [1.29, 1.82) is 0 Å². The summed E-state index contributed by atoms with van der Waals surface area (Å²) >= 11 is 0. The second-order valence-electron chi connectivity index (χ2n) is 0.289. The summed E-state index contributed by atoms with van der Waals surface area (Å²) in [6, 6.07) is 0. The van der Waals surface area contributed by atoms with Crippen LogP contribution in [0.3, 0.4) is 0 Å². The van der Waals surface area contributed by atoms with Gasteiger partial charge < -0.3 is 15.1 Å². The van der Waals surface area contributed by atoms with E-state index in [1.165, 1.54) is 0 Å². The van der Waals surface area contributed by atoms with Crippen LogP contribution >= 0.6 is 0 Å². The Morgan fingerprint density at radius 1 is 1.00 bits per heavy atom. The number of hydrogen-bond acceptors (Lipinski definition) is 3. The first-order valence-corrected chi connectivity index (χ1v) is 0.707. The predicted octanol–water partition coefficient (Wildman–Crippen LogP) is -3.95. The third kappa shape index (κ3) is 31.8. The van der Waals surface area contributed by atoms with Crippen LogP contribution in [-0.2, 0) is 0 Å². The molecular formula is BGdLaO3+3. The first-order chi connectivity index (χ1) is 1.73. The van der Waals surface area contributed by atoms with Gasteiger partial charge in [-0.15, -0.1) is 0 Å². The van der Waals surface area contributed by atoms with Crippen molar-refractivity contribution >= 4 is 7.32 Å². The van der Waals surface area contributed by atoms with Crippen molar-refractivity contribution in [2.75, 3.05) is 0 Å². The van der Waals surface area contributed by atoms with E-state index in [1.54, 1.807) is 0 Å². The summed E-state index contributed by atoms with van der Waals surface area (Å²) in [5.41, 5.74) is 0. The Balaban J connectivity index is -0.0000000450. The fourth-order valence-electron chi connectivity index (χ4n) is 0. The summed E-state index contributed by atoms with van der Waals surface area (Å²) in [5, 5.41) is 25.2. The van der Waals surface area contributed by atoms with Gasteiger partial charge in [-0.2, -0.15) is 0 Å². The molecule has 0 spiro atoms. The Morgan fingerprint density at radius 3 is 1.00 bits per heavy atom. The second-order valence-corrected chi connectivity index (χ2v) is 0.289. The van der Waals surface area contributed by atoms with Crippen LogP contribution in [0.25, 0.3) is 0 Å². The van der Waals surface area contributed by atoms with Crippen LogP contribution in [0.1, 0.15) is 0 Å². The van der Waals surface area contributed by atoms with E-state index in [1.807, 2.05) is 0 Å². The normalized spacial score (nSPS) is 4.50. The second kappa shape index (κ2) is 10.4. The minimum atomic E-state index is -2.92. The average Bonchev–Trinajstić information content (AvgIpc) is 0.811. The van der Waals surface area contributed by atoms with Gasteiger partial charge in [-0.1, -0.05) is 0 Å². The fourth-order valence-corrected chi connectivity index (χ4v) is 0. The molecule has 0 unspecified atom stereocenters. The summed E-state index contributed by atoms with van der Waals surface area (Å²) < 4.78 is 0. The molecule has 0 saturated carbocycles. The van der Waals surface area contributed by atoms with Gasteiger partial charge in [0.15, 0.2) is 0 Å². The quantitative estimate of drug-likeness (QED) is 0.417. The number of rotatable bonds is 0. The molecule has 6 heavy (non-hydrogen) atoms. The van der Waals surface area contributed by atoms with Gasteiger partial charge in [0.1, 0.15) is 0 Å². The molecule has 0 N–H and O–H groups in total. The molecule has 1 radical (unpaired) electrons. The maximum Gasteiger partial charge on any atom is 3.00 e. The molecule has 0 aromatic rings. The van der Waals surface area contributed by atoms with Crippen LogP contribution in [0.15, 0.2) is 0 Å². The van der Waals surface area contributed by atoms with E-state index >= 15 is 0 Å². The molecule has 6 heteroatoms. The standard InChI is InChI=1S/BO3.Gd.La/c2-1(3)4;;/q-3;2*+3. The van der Waals surface area contributed by atoms with E-state index in [0.29, 0.717) is 0 Å². The molecule has 0 atom stereocenters. The van der Waals surface area contributed by atoms with Crippen molar-refractivity contribution in [3.05, 3.63) is 0 Å². The first kappa shape index (κ1) is 15.8. The van der Waals surface area contributed by atoms with Crippen LogP contribution in [0.2, 0.25) is 0 Å². The maximum absolute atomic E-state index is 8.42. The topological polar surface area (TPSA) is 69.2 Å². The van der Waals surface area contributed by atoms with Gasteiger partial charge >= 0.3 is 75.5 Å². The monoisotopic (exact) mass is 356 g/mol. The maximum atomic E-state index is 8.42. The molecule has 29 valence electrons. The predicted molar refractivity (Wildman–Crippen MR) is 5.75 cm³/mol. The van der Waals surface area contributed by atoms with Crippen molar-refractivity contribution in [2.45, 2.75) is 0 Å². The Morgan fingerprint density at radius 2 is 1.00 bits per heavy atom. The summed E-state index contributed by atoms with van der Waals surface area (Å²) in [6.07, 6.45) is 0. The zero-order valence-electron chi connectivity index (χ0n) is 2.73. The van der Waals surface area contributed by atoms with E-state index in [0.717, 1.165) is 0 Å². The molecule has 0 heterocycles. The summed E-state index contributed by atoms with van der Waals surface area (Å²) in [6.45, 7) is 0. The molecule has 0 aliphatic rings. The summed E-state index contributed by atoms with van der Waals surface area (Å²) in [7, 11) is -2.92. The Kier molecular flexibility index (Phi) is 27.5. The van der Waals surface area contributed by atoms with Gasteiger partial charge in [-0.3, -0.25) is 7.32 Å². The SMILES string of the molecule is [Gd+3].[La+3].[O-]B([O-])[O-]. The molecule has 0 aromatic heterocycles. The molecule has 0 rings (SSSR count). The van der Waals surface area contributed by atoms with Crippen LogP contribution in [-0.4, -0.2) is 7.32 Å². The van der Waals surface area contributed by atoms with Crippen LogP contribution in [0.4, 0.5) is 0 Å². The zero-order valence-corrected chi connectivity index (χ0v) is 8.63. The average molecular weight is 355 g/mol. The first-order valence-electron chi connectivity index (χ1n) is 0.707. The number of hydrogen-bond donors (Lipinski definition) is 0. The van der Waals surface area contributed by atoms with Gasteiger partial charge in [-0.25, -0.2) is 0 Å². The smallest absolute Gasteiger partial charge is 0.907 e. The van der Waals surface area contributed by atoms with Gasteiger partial charge in [-0.05, 0) is 0 Å². The van der Waals surface area contributed by atoms with E-state index in [-0.39, 0.29) is 75.5 Å². The van der Waals surface area contributed by atoms with Crippen LogP contribution in [0.5, 0.6) is 0 Å². The summed E-state index contributed by atoms with van der Waals surface area (Å²) in [4.78, 5) is 0. The van der Waals surface area contributed by atoms with E-state index < -0.39 is 7.32 Å². The molecule has 0 aliphatic heterocycles. The van der Waals surface area contributed by atoms with Gasteiger partial charge in [0.05, 0.1) is 0 Å². The van der Waals surface area contributed by atoms with Crippen molar-refractivity contribution in [1.82, 2.24) is 0 Å². The summed E-state index contributed by atoms with van der Waals surface area (Å²) in [5.74, 6) is 0. The minimum Gasteiger partial charge on any atom is -0.907 e. The molecular weight excluding hydrogens is 355 g/mol. The van der Waals surface area contributed by atoms with E-state index in [9.17, 15) is 0 Å². The van der Waals surface area contributed by atoms with Crippen molar-refractivity contribution in [2.24, 2.45) is 0 Å². The Labute approximate surface area is 96.0 Å². The Hall–Kier alpha value is 2.46. The fraction of sp³-hybridized carbons (Fsp3) is 0. The van der Waals surface area contributed by atoms with Gasteiger partial charge in [0.25, 0.3) is 0 Å². The van der Waals surface area contributed by atoms with Crippen molar-refractivity contribution < 1.29 is 90.6 Å². The third-order valence-corrected chi connectivity index (χ3v) is 0.